The quantitative estimate of drug-likeness (QED) is 0.698. The van der Waals surface area contributed by atoms with Crippen molar-refractivity contribution in [3.05, 3.63) is 47.0 Å². The summed E-state index contributed by atoms with van der Waals surface area (Å²) in [7, 11) is 0. The molecule has 0 N–H and O–H groups in total. The maximum Gasteiger partial charge on any atom is 0.233 e. The Bertz CT molecular complexity index is 652. The van der Waals surface area contributed by atoms with Gasteiger partial charge in [0.05, 0.1) is 5.75 Å². The zero-order valence-corrected chi connectivity index (χ0v) is 15.2. The standard InChI is InChI=1S/C18H22N2OS2/c1-13-11-22-18(19-13)23-12-17(21)20(14(2)16-8-9-16)10-15-6-4-3-5-7-15/h3-7,11,14,16H,8-10,12H2,1-2H3. The zero-order chi connectivity index (χ0) is 16.2. The lowest BCUT2D eigenvalue weighted by Crippen LogP contribution is -2.40. The molecule has 1 aromatic heterocycles. The van der Waals surface area contributed by atoms with E-state index in [2.05, 4.69) is 28.9 Å². The molecular formula is C18H22N2OS2. The van der Waals surface area contributed by atoms with E-state index in [1.54, 1.807) is 23.1 Å². The lowest BCUT2D eigenvalue weighted by Gasteiger charge is -2.29. The monoisotopic (exact) mass is 346 g/mol. The first-order valence-corrected chi connectivity index (χ1v) is 9.88. The van der Waals surface area contributed by atoms with Gasteiger partial charge in [0.1, 0.15) is 0 Å². The highest BCUT2D eigenvalue weighted by atomic mass is 32.2. The molecule has 1 saturated carbocycles. The summed E-state index contributed by atoms with van der Waals surface area (Å²) in [5.74, 6) is 1.36. The highest BCUT2D eigenvalue weighted by molar-refractivity contribution is 8.01. The molecule has 1 heterocycles. The minimum Gasteiger partial charge on any atom is -0.335 e. The van der Waals surface area contributed by atoms with Crippen molar-refractivity contribution < 1.29 is 4.79 Å². The minimum absolute atomic E-state index is 0.214. The number of amides is 1. The molecule has 1 aliphatic carbocycles. The molecule has 0 saturated heterocycles. The van der Waals surface area contributed by atoms with Crippen molar-refractivity contribution in [3.8, 4) is 0 Å². The van der Waals surface area contributed by atoms with Crippen molar-refractivity contribution in [1.82, 2.24) is 9.88 Å². The fourth-order valence-corrected chi connectivity index (χ4v) is 4.41. The summed E-state index contributed by atoms with van der Waals surface area (Å²) in [5.41, 5.74) is 2.22. The molecule has 1 fully saturated rings. The van der Waals surface area contributed by atoms with Crippen LogP contribution in [-0.2, 0) is 11.3 Å². The average molecular weight is 347 g/mol. The van der Waals surface area contributed by atoms with E-state index in [1.807, 2.05) is 30.5 Å². The maximum atomic E-state index is 12.8. The maximum absolute atomic E-state index is 12.8. The molecule has 3 nitrogen and oxygen atoms in total. The SMILES string of the molecule is Cc1csc(SCC(=O)N(Cc2ccccc2)C(C)C2CC2)n1. The molecular weight excluding hydrogens is 324 g/mol. The molecule has 1 atom stereocenters. The summed E-state index contributed by atoms with van der Waals surface area (Å²) < 4.78 is 0.981. The second-order valence-electron chi connectivity index (χ2n) is 6.13. The Balaban J connectivity index is 1.65. The van der Waals surface area contributed by atoms with Gasteiger partial charge in [0.2, 0.25) is 5.91 Å². The topological polar surface area (TPSA) is 33.2 Å². The predicted molar refractivity (Wildman–Crippen MR) is 96.8 cm³/mol. The number of hydrogen-bond donors (Lipinski definition) is 0. The highest BCUT2D eigenvalue weighted by Gasteiger charge is 2.34. The van der Waals surface area contributed by atoms with Gasteiger partial charge >= 0.3 is 0 Å². The van der Waals surface area contributed by atoms with Gasteiger partial charge in [-0.25, -0.2) is 4.98 Å². The van der Waals surface area contributed by atoms with Crippen molar-refractivity contribution >= 4 is 29.0 Å². The predicted octanol–water partition coefficient (Wildman–Crippen LogP) is 4.37. The fraction of sp³-hybridized carbons (Fsp3) is 0.444. The molecule has 3 rings (SSSR count). The Morgan fingerprint density at radius 2 is 2.13 bits per heavy atom. The third-order valence-corrected chi connectivity index (χ3v) is 6.35. The first kappa shape index (κ1) is 16.5. The van der Waals surface area contributed by atoms with E-state index < -0.39 is 0 Å². The van der Waals surface area contributed by atoms with E-state index in [4.69, 9.17) is 0 Å². The number of thioether (sulfide) groups is 1. The highest BCUT2D eigenvalue weighted by Crippen LogP contribution is 2.36. The number of carbonyl (C=O) groups is 1. The number of carbonyl (C=O) groups excluding carboxylic acids is 1. The Kier molecular flexibility index (Phi) is 5.38. The van der Waals surface area contributed by atoms with Gasteiger partial charge in [-0.3, -0.25) is 4.79 Å². The second-order valence-corrected chi connectivity index (χ2v) is 8.21. The van der Waals surface area contributed by atoms with E-state index in [9.17, 15) is 4.79 Å². The molecule has 1 amide bonds. The molecule has 5 heteroatoms. The van der Waals surface area contributed by atoms with Crippen LogP contribution in [0.1, 0.15) is 31.0 Å². The number of aryl methyl sites for hydroxylation is 1. The second kappa shape index (κ2) is 7.49. The molecule has 0 radical (unpaired) electrons. The van der Waals surface area contributed by atoms with Gasteiger partial charge in [0.15, 0.2) is 4.34 Å². The van der Waals surface area contributed by atoms with Crippen LogP contribution in [0.3, 0.4) is 0 Å². The Labute approximate surface area is 146 Å². The van der Waals surface area contributed by atoms with Crippen molar-refractivity contribution in [3.63, 3.8) is 0 Å². The summed E-state index contributed by atoms with van der Waals surface area (Å²) in [6, 6.07) is 10.6. The van der Waals surface area contributed by atoms with Crippen molar-refractivity contribution in [2.75, 3.05) is 5.75 Å². The molecule has 122 valence electrons. The van der Waals surface area contributed by atoms with E-state index in [-0.39, 0.29) is 5.91 Å². The van der Waals surface area contributed by atoms with Crippen LogP contribution in [0.5, 0.6) is 0 Å². The Morgan fingerprint density at radius 1 is 1.39 bits per heavy atom. The average Bonchev–Trinajstić information content (AvgIpc) is 3.33. The summed E-state index contributed by atoms with van der Waals surface area (Å²) in [4.78, 5) is 19.3. The van der Waals surface area contributed by atoms with Crippen LogP contribution >= 0.6 is 23.1 Å². The van der Waals surface area contributed by atoms with Crippen LogP contribution in [0.4, 0.5) is 0 Å². The summed E-state index contributed by atoms with van der Waals surface area (Å²) in [6.45, 7) is 4.88. The summed E-state index contributed by atoms with van der Waals surface area (Å²) in [6.07, 6.45) is 2.50. The Morgan fingerprint density at radius 3 is 2.74 bits per heavy atom. The zero-order valence-electron chi connectivity index (χ0n) is 13.6. The van der Waals surface area contributed by atoms with Crippen LogP contribution in [-0.4, -0.2) is 27.6 Å². The van der Waals surface area contributed by atoms with Gasteiger partial charge in [-0.15, -0.1) is 11.3 Å². The van der Waals surface area contributed by atoms with Crippen LogP contribution in [0.2, 0.25) is 0 Å². The number of nitrogens with zero attached hydrogens (tertiary/aromatic N) is 2. The number of benzene rings is 1. The van der Waals surface area contributed by atoms with Gasteiger partial charge < -0.3 is 4.90 Å². The molecule has 1 unspecified atom stereocenters. The van der Waals surface area contributed by atoms with Crippen LogP contribution < -0.4 is 0 Å². The minimum atomic E-state index is 0.214. The lowest BCUT2D eigenvalue weighted by molar-refractivity contribution is -0.131. The van der Waals surface area contributed by atoms with E-state index >= 15 is 0 Å². The number of rotatable bonds is 7. The number of aromatic nitrogens is 1. The van der Waals surface area contributed by atoms with Gasteiger partial charge in [-0.05, 0) is 38.2 Å². The molecule has 2 aromatic rings. The van der Waals surface area contributed by atoms with E-state index in [0.29, 0.717) is 24.3 Å². The van der Waals surface area contributed by atoms with E-state index in [0.717, 1.165) is 10.0 Å². The first-order valence-electron chi connectivity index (χ1n) is 8.02. The molecule has 1 aromatic carbocycles. The largest absolute Gasteiger partial charge is 0.335 e. The third kappa shape index (κ3) is 4.58. The summed E-state index contributed by atoms with van der Waals surface area (Å²) in [5, 5.41) is 2.03. The molecule has 0 spiro atoms. The molecule has 23 heavy (non-hydrogen) atoms. The number of thiazole rings is 1. The van der Waals surface area contributed by atoms with Crippen molar-refractivity contribution in [2.45, 2.75) is 43.6 Å². The number of hydrogen-bond acceptors (Lipinski definition) is 4. The van der Waals surface area contributed by atoms with E-state index in [1.165, 1.54) is 18.4 Å². The molecule has 1 aliphatic rings. The third-order valence-electron chi connectivity index (χ3n) is 4.23. The Hall–Kier alpha value is -1.33. The van der Waals surface area contributed by atoms with Gasteiger partial charge in [-0.2, -0.15) is 0 Å². The normalized spacial score (nSPS) is 15.4. The van der Waals surface area contributed by atoms with Crippen molar-refractivity contribution in [1.29, 1.82) is 0 Å². The van der Waals surface area contributed by atoms with Gasteiger partial charge in [0.25, 0.3) is 0 Å². The van der Waals surface area contributed by atoms with Gasteiger partial charge in [-0.1, -0.05) is 42.1 Å². The van der Waals surface area contributed by atoms with Crippen LogP contribution in [0.25, 0.3) is 0 Å². The lowest BCUT2D eigenvalue weighted by atomic mass is 10.1. The van der Waals surface area contributed by atoms with Crippen LogP contribution in [0, 0.1) is 12.8 Å². The first-order chi connectivity index (χ1) is 11.1. The van der Waals surface area contributed by atoms with Crippen LogP contribution in [0.15, 0.2) is 40.1 Å². The van der Waals surface area contributed by atoms with Crippen molar-refractivity contribution in [2.24, 2.45) is 5.92 Å². The fourth-order valence-electron chi connectivity index (χ4n) is 2.68. The van der Waals surface area contributed by atoms with Gasteiger partial charge in [0, 0.05) is 23.7 Å². The molecule has 0 aliphatic heterocycles. The smallest absolute Gasteiger partial charge is 0.233 e. The molecule has 0 bridgehead atoms. The summed E-state index contributed by atoms with van der Waals surface area (Å²) >= 11 is 3.17.